The molecule has 0 bridgehead atoms. The van der Waals surface area contributed by atoms with Crippen molar-refractivity contribution in [1.29, 1.82) is 0 Å². The first-order chi connectivity index (χ1) is 18.2. The number of hydrogen-bond donors (Lipinski definition) is 1. The van der Waals surface area contributed by atoms with Gasteiger partial charge in [-0.3, -0.25) is 4.79 Å². The number of imidazole rings is 1. The summed E-state index contributed by atoms with van der Waals surface area (Å²) in [5.74, 6) is 0.764. The van der Waals surface area contributed by atoms with Gasteiger partial charge >= 0.3 is 0 Å². The molecule has 0 radical (unpaired) electrons. The predicted octanol–water partition coefficient (Wildman–Crippen LogP) is 6.61. The SMILES string of the molecule is Cc1[nH]c(C(c2ccccc2)(c2ccccc2)c2ccccc2)nc1C(=O)CCCOC1CCCCO1. The number of benzene rings is 3. The summed E-state index contributed by atoms with van der Waals surface area (Å²) in [7, 11) is 0. The van der Waals surface area contributed by atoms with Crippen molar-refractivity contribution >= 4 is 5.78 Å². The molecule has 1 fully saturated rings. The number of ketones is 1. The summed E-state index contributed by atoms with van der Waals surface area (Å²) < 4.78 is 11.5. The molecule has 3 aromatic carbocycles. The van der Waals surface area contributed by atoms with Crippen LogP contribution in [0.25, 0.3) is 0 Å². The topological polar surface area (TPSA) is 64.2 Å². The Balaban J connectivity index is 1.48. The highest BCUT2D eigenvalue weighted by molar-refractivity contribution is 5.95. The molecule has 1 aliphatic heterocycles. The number of nitrogens with one attached hydrogen (secondary N) is 1. The third kappa shape index (κ3) is 5.29. The Morgan fingerprint density at radius 1 is 0.919 bits per heavy atom. The highest BCUT2D eigenvalue weighted by Gasteiger charge is 2.41. The maximum atomic E-state index is 13.3. The van der Waals surface area contributed by atoms with Gasteiger partial charge in [-0.2, -0.15) is 0 Å². The van der Waals surface area contributed by atoms with Crippen molar-refractivity contribution in [2.24, 2.45) is 0 Å². The number of aryl methyl sites for hydroxylation is 1. The van der Waals surface area contributed by atoms with E-state index in [-0.39, 0.29) is 12.1 Å². The average molecular weight is 495 g/mol. The summed E-state index contributed by atoms with van der Waals surface area (Å²) >= 11 is 0. The number of aromatic amines is 1. The summed E-state index contributed by atoms with van der Waals surface area (Å²) in [5.41, 5.74) is 3.83. The van der Waals surface area contributed by atoms with E-state index >= 15 is 0 Å². The van der Waals surface area contributed by atoms with Crippen molar-refractivity contribution in [3.8, 4) is 0 Å². The van der Waals surface area contributed by atoms with Gasteiger partial charge in [-0.25, -0.2) is 4.98 Å². The second-order valence-electron chi connectivity index (χ2n) is 9.60. The molecule has 2 heterocycles. The van der Waals surface area contributed by atoms with Gasteiger partial charge in [-0.1, -0.05) is 91.0 Å². The van der Waals surface area contributed by atoms with E-state index in [0.717, 1.165) is 54.1 Å². The van der Waals surface area contributed by atoms with Gasteiger partial charge in [0.2, 0.25) is 0 Å². The summed E-state index contributed by atoms with van der Waals surface area (Å²) in [6.45, 7) is 3.20. The molecule has 5 heteroatoms. The first-order valence-electron chi connectivity index (χ1n) is 13.2. The number of carbonyl (C=O) groups is 1. The van der Waals surface area contributed by atoms with Crippen molar-refractivity contribution < 1.29 is 14.3 Å². The van der Waals surface area contributed by atoms with Gasteiger partial charge in [-0.05, 0) is 49.3 Å². The minimum atomic E-state index is -0.700. The minimum absolute atomic E-state index is 0.0243. The third-order valence-electron chi connectivity index (χ3n) is 7.11. The highest BCUT2D eigenvalue weighted by atomic mass is 16.7. The van der Waals surface area contributed by atoms with Crippen molar-refractivity contribution in [2.45, 2.75) is 50.7 Å². The maximum absolute atomic E-state index is 13.3. The lowest BCUT2D eigenvalue weighted by Gasteiger charge is -2.34. The zero-order chi connectivity index (χ0) is 25.5. The molecule has 0 amide bonds. The Morgan fingerprint density at radius 3 is 2.00 bits per heavy atom. The number of nitrogens with zero attached hydrogens (tertiary/aromatic N) is 1. The number of aromatic nitrogens is 2. The van der Waals surface area contributed by atoms with Crippen LogP contribution in [-0.2, 0) is 14.9 Å². The molecule has 0 saturated carbocycles. The normalized spacial score (nSPS) is 16.0. The molecule has 1 aromatic heterocycles. The number of Topliss-reactive ketones (excluding diaryl/α,β-unsaturated/α-hetero) is 1. The van der Waals surface area contributed by atoms with Crippen molar-refractivity contribution in [3.05, 3.63) is 125 Å². The maximum Gasteiger partial charge on any atom is 0.183 e. The first-order valence-corrected chi connectivity index (χ1v) is 13.2. The van der Waals surface area contributed by atoms with Crippen molar-refractivity contribution in [2.75, 3.05) is 13.2 Å². The number of carbonyl (C=O) groups excluding carboxylic acids is 1. The molecule has 1 atom stereocenters. The van der Waals surface area contributed by atoms with Crippen LogP contribution in [0.1, 0.15) is 70.8 Å². The standard InChI is InChI=1S/C32H34N2O3/c1-24-30(28(35)20-13-23-37-29-21-11-12-22-36-29)34-31(33-24)32(25-14-5-2-6-15-25,26-16-7-3-8-17-26)27-18-9-4-10-19-27/h2-10,14-19,29H,11-13,20-23H2,1H3,(H,33,34). The fourth-order valence-corrected chi connectivity index (χ4v) is 5.29. The molecule has 0 aliphatic carbocycles. The van der Waals surface area contributed by atoms with Crippen LogP contribution in [0.3, 0.4) is 0 Å². The van der Waals surface area contributed by atoms with Gasteiger partial charge in [-0.15, -0.1) is 0 Å². The number of rotatable bonds is 10. The Morgan fingerprint density at radius 2 is 1.49 bits per heavy atom. The monoisotopic (exact) mass is 494 g/mol. The molecule has 1 N–H and O–H groups in total. The van der Waals surface area contributed by atoms with Crippen molar-refractivity contribution in [3.63, 3.8) is 0 Å². The molecule has 5 rings (SSSR count). The van der Waals surface area contributed by atoms with Gasteiger partial charge in [0.25, 0.3) is 0 Å². The van der Waals surface area contributed by atoms with Gasteiger partial charge < -0.3 is 14.5 Å². The van der Waals surface area contributed by atoms with Crippen LogP contribution in [0, 0.1) is 6.92 Å². The third-order valence-corrected chi connectivity index (χ3v) is 7.11. The van der Waals surface area contributed by atoms with Gasteiger partial charge in [0.05, 0.1) is 6.61 Å². The zero-order valence-corrected chi connectivity index (χ0v) is 21.4. The highest BCUT2D eigenvalue weighted by Crippen LogP contribution is 2.44. The quantitative estimate of drug-likeness (QED) is 0.153. The van der Waals surface area contributed by atoms with E-state index in [1.807, 2.05) is 61.5 Å². The van der Waals surface area contributed by atoms with E-state index in [9.17, 15) is 4.79 Å². The van der Waals surface area contributed by atoms with Gasteiger partial charge in [0, 0.05) is 18.7 Å². The summed E-state index contributed by atoms with van der Waals surface area (Å²) in [6, 6.07) is 31.1. The summed E-state index contributed by atoms with van der Waals surface area (Å²) in [4.78, 5) is 21.8. The summed E-state index contributed by atoms with van der Waals surface area (Å²) in [6.07, 6.45) is 4.04. The van der Waals surface area contributed by atoms with Crippen LogP contribution >= 0.6 is 0 Å². The largest absolute Gasteiger partial charge is 0.353 e. The minimum Gasteiger partial charge on any atom is -0.353 e. The second kappa shape index (κ2) is 11.7. The Hall–Kier alpha value is -3.54. The van der Waals surface area contributed by atoms with Gasteiger partial charge in [0.15, 0.2) is 12.1 Å². The van der Waals surface area contributed by atoms with Gasteiger partial charge in [0.1, 0.15) is 16.9 Å². The molecule has 1 saturated heterocycles. The van der Waals surface area contributed by atoms with Crippen LogP contribution in [0.5, 0.6) is 0 Å². The lowest BCUT2D eigenvalue weighted by molar-refractivity contribution is -0.162. The second-order valence-corrected chi connectivity index (χ2v) is 9.60. The molecular formula is C32H34N2O3. The molecular weight excluding hydrogens is 460 g/mol. The average Bonchev–Trinajstić information content (AvgIpc) is 3.35. The molecule has 5 nitrogen and oxygen atoms in total. The zero-order valence-electron chi connectivity index (χ0n) is 21.4. The van der Waals surface area contributed by atoms with Crippen LogP contribution < -0.4 is 0 Å². The Labute approximate surface area is 218 Å². The Bertz CT molecular complexity index is 1180. The molecule has 37 heavy (non-hydrogen) atoms. The number of hydrogen-bond acceptors (Lipinski definition) is 4. The lowest BCUT2D eigenvalue weighted by Crippen LogP contribution is -2.32. The predicted molar refractivity (Wildman–Crippen MR) is 145 cm³/mol. The van der Waals surface area contributed by atoms with E-state index in [2.05, 4.69) is 41.4 Å². The first kappa shape index (κ1) is 25.1. The molecule has 4 aromatic rings. The van der Waals surface area contributed by atoms with E-state index in [4.69, 9.17) is 14.5 Å². The Kier molecular flexibility index (Phi) is 7.93. The smallest absolute Gasteiger partial charge is 0.183 e. The van der Waals surface area contributed by atoms with E-state index in [0.29, 0.717) is 25.1 Å². The summed E-state index contributed by atoms with van der Waals surface area (Å²) in [5, 5.41) is 0. The molecule has 1 aliphatic rings. The van der Waals surface area contributed by atoms with Crippen LogP contribution in [0.2, 0.25) is 0 Å². The lowest BCUT2D eigenvalue weighted by atomic mass is 9.69. The van der Waals surface area contributed by atoms with Crippen molar-refractivity contribution in [1.82, 2.24) is 9.97 Å². The molecule has 1 unspecified atom stereocenters. The fraction of sp³-hybridized carbons (Fsp3) is 0.312. The van der Waals surface area contributed by atoms with E-state index < -0.39 is 5.41 Å². The van der Waals surface area contributed by atoms with E-state index in [1.165, 1.54) is 0 Å². The van der Waals surface area contributed by atoms with Crippen LogP contribution in [0.15, 0.2) is 91.0 Å². The number of H-pyrrole nitrogens is 1. The number of ether oxygens (including phenoxy) is 2. The van der Waals surface area contributed by atoms with Crippen LogP contribution in [0.4, 0.5) is 0 Å². The molecule has 0 spiro atoms. The van der Waals surface area contributed by atoms with E-state index in [1.54, 1.807) is 0 Å². The molecule has 190 valence electrons. The van der Waals surface area contributed by atoms with Crippen LogP contribution in [-0.4, -0.2) is 35.3 Å². The fourth-order valence-electron chi connectivity index (χ4n) is 5.29.